The van der Waals surface area contributed by atoms with E-state index >= 15 is 0 Å². The fourth-order valence-corrected chi connectivity index (χ4v) is 1.79. The van der Waals surface area contributed by atoms with E-state index in [4.69, 9.17) is 5.11 Å². The molecule has 0 unspecified atom stereocenters. The Hall–Kier alpha value is -1.54. The molecule has 1 aromatic rings. The van der Waals surface area contributed by atoms with E-state index in [2.05, 4.69) is 5.32 Å². The van der Waals surface area contributed by atoms with E-state index in [1.807, 2.05) is 5.32 Å². The molecule has 1 aromatic heterocycles. The maximum Gasteiger partial charge on any atom is 0.287 e. The summed E-state index contributed by atoms with van der Waals surface area (Å²) in [6, 6.07) is 1.64. The van der Waals surface area contributed by atoms with Crippen LogP contribution < -0.4 is 10.6 Å². The first-order valence-corrected chi connectivity index (χ1v) is 6.45. The van der Waals surface area contributed by atoms with Crippen molar-refractivity contribution in [2.45, 2.75) is 12.3 Å². The highest BCUT2D eigenvalue weighted by molar-refractivity contribution is 7.08. The first kappa shape index (κ1) is 15.5. The second-order valence-electron chi connectivity index (χ2n) is 3.81. The molecule has 0 fully saturated rings. The van der Waals surface area contributed by atoms with Gasteiger partial charge in [-0.2, -0.15) is 11.3 Å². The van der Waals surface area contributed by atoms with Crippen LogP contribution in [-0.4, -0.2) is 42.5 Å². The van der Waals surface area contributed by atoms with Crippen LogP contribution in [0.5, 0.6) is 0 Å². The Labute approximate surface area is 112 Å². The van der Waals surface area contributed by atoms with Crippen molar-refractivity contribution in [1.82, 2.24) is 10.6 Å². The summed E-state index contributed by atoms with van der Waals surface area (Å²) in [5.41, 5.74) is 0.497. The number of thiophene rings is 1. The standard InChI is InChI=1S/C11H14F2N2O3S/c12-11(13,7-16)6-15-9(17)1-3-14-10(18)8-2-4-19-5-8/h2,4-5,16H,1,3,6-7H2,(H,14,18)(H,15,17). The molecule has 0 aromatic carbocycles. The maximum absolute atomic E-state index is 12.6. The van der Waals surface area contributed by atoms with Gasteiger partial charge < -0.3 is 15.7 Å². The topological polar surface area (TPSA) is 78.4 Å². The number of rotatable bonds is 7. The SMILES string of the molecule is O=C(CCNC(=O)c1ccsc1)NCC(F)(F)CO. The van der Waals surface area contributed by atoms with Gasteiger partial charge in [0.05, 0.1) is 6.54 Å². The number of aliphatic hydroxyl groups is 1. The van der Waals surface area contributed by atoms with Crippen LogP contribution in [0.4, 0.5) is 8.78 Å². The first-order chi connectivity index (χ1) is 8.94. The molecule has 106 valence electrons. The van der Waals surface area contributed by atoms with Crippen molar-refractivity contribution in [2.75, 3.05) is 19.7 Å². The van der Waals surface area contributed by atoms with Crippen LogP contribution in [0.15, 0.2) is 16.8 Å². The van der Waals surface area contributed by atoms with Gasteiger partial charge in [-0.15, -0.1) is 0 Å². The Balaban J connectivity index is 2.19. The van der Waals surface area contributed by atoms with Gasteiger partial charge in [-0.05, 0) is 11.4 Å². The Kier molecular flexibility index (Phi) is 5.84. The predicted molar refractivity (Wildman–Crippen MR) is 66.3 cm³/mol. The third kappa shape index (κ3) is 5.75. The number of hydrogen-bond acceptors (Lipinski definition) is 4. The van der Waals surface area contributed by atoms with Crippen molar-refractivity contribution >= 4 is 23.2 Å². The molecule has 3 N–H and O–H groups in total. The second-order valence-corrected chi connectivity index (χ2v) is 4.59. The summed E-state index contributed by atoms with van der Waals surface area (Å²) in [6.07, 6.45) is -0.0998. The number of aliphatic hydroxyl groups excluding tert-OH is 1. The highest BCUT2D eigenvalue weighted by Gasteiger charge is 2.27. The highest BCUT2D eigenvalue weighted by Crippen LogP contribution is 2.09. The molecule has 0 bridgehead atoms. The lowest BCUT2D eigenvalue weighted by molar-refractivity contribution is -0.123. The fraction of sp³-hybridized carbons (Fsp3) is 0.455. The minimum absolute atomic E-state index is 0.0607. The maximum atomic E-state index is 12.6. The normalized spacial score (nSPS) is 11.1. The summed E-state index contributed by atoms with van der Waals surface area (Å²) in [5, 5.41) is 16.2. The van der Waals surface area contributed by atoms with Crippen molar-refractivity contribution in [3.05, 3.63) is 22.4 Å². The van der Waals surface area contributed by atoms with E-state index in [1.165, 1.54) is 11.3 Å². The zero-order valence-electron chi connectivity index (χ0n) is 9.99. The lowest BCUT2D eigenvalue weighted by Crippen LogP contribution is -2.40. The fourth-order valence-electron chi connectivity index (χ4n) is 1.16. The third-order valence-corrected chi connectivity index (χ3v) is 2.88. The number of alkyl halides is 2. The molecule has 0 radical (unpaired) electrons. The highest BCUT2D eigenvalue weighted by atomic mass is 32.1. The number of amides is 2. The molecule has 1 rings (SSSR count). The van der Waals surface area contributed by atoms with Crippen molar-refractivity contribution in [1.29, 1.82) is 0 Å². The van der Waals surface area contributed by atoms with Crippen LogP contribution in [0.3, 0.4) is 0 Å². The molecule has 0 spiro atoms. The molecule has 19 heavy (non-hydrogen) atoms. The molecule has 0 saturated heterocycles. The van der Waals surface area contributed by atoms with Crippen LogP contribution in [-0.2, 0) is 4.79 Å². The van der Waals surface area contributed by atoms with Crippen LogP contribution in [0.25, 0.3) is 0 Å². The van der Waals surface area contributed by atoms with Gasteiger partial charge in [0.15, 0.2) is 0 Å². The molecule has 0 aliphatic rings. The van der Waals surface area contributed by atoms with Crippen molar-refractivity contribution in [3.63, 3.8) is 0 Å². The van der Waals surface area contributed by atoms with Gasteiger partial charge in [0.1, 0.15) is 6.61 Å². The number of nitrogens with one attached hydrogen (secondary N) is 2. The number of carbonyl (C=O) groups excluding carboxylic acids is 2. The van der Waals surface area contributed by atoms with Gasteiger partial charge in [-0.3, -0.25) is 9.59 Å². The molecular weight excluding hydrogens is 278 g/mol. The minimum Gasteiger partial charge on any atom is -0.390 e. The summed E-state index contributed by atoms with van der Waals surface area (Å²) in [4.78, 5) is 22.7. The molecule has 8 heteroatoms. The van der Waals surface area contributed by atoms with Crippen LogP contribution in [0.2, 0.25) is 0 Å². The third-order valence-electron chi connectivity index (χ3n) is 2.20. The predicted octanol–water partition coefficient (Wildman–Crippen LogP) is 0.612. The molecule has 0 atom stereocenters. The molecule has 2 amide bonds. The Morgan fingerprint density at radius 3 is 2.68 bits per heavy atom. The zero-order chi connectivity index (χ0) is 14.3. The van der Waals surface area contributed by atoms with Gasteiger partial charge in [0.2, 0.25) is 5.91 Å². The number of hydrogen-bond donors (Lipinski definition) is 3. The Bertz CT molecular complexity index is 424. The van der Waals surface area contributed by atoms with Crippen molar-refractivity contribution in [2.24, 2.45) is 0 Å². The van der Waals surface area contributed by atoms with Crippen LogP contribution in [0, 0.1) is 0 Å². The molecule has 5 nitrogen and oxygen atoms in total. The van der Waals surface area contributed by atoms with Gasteiger partial charge in [-0.1, -0.05) is 0 Å². The first-order valence-electron chi connectivity index (χ1n) is 5.50. The molecule has 0 saturated carbocycles. The summed E-state index contributed by atoms with van der Waals surface area (Å²) >= 11 is 1.37. The largest absolute Gasteiger partial charge is 0.390 e. The summed E-state index contributed by atoms with van der Waals surface area (Å²) in [5.74, 6) is -4.25. The van der Waals surface area contributed by atoms with E-state index in [9.17, 15) is 18.4 Å². The molecule has 0 aliphatic heterocycles. The lowest BCUT2D eigenvalue weighted by atomic mass is 10.3. The Morgan fingerprint density at radius 1 is 1.37 bits per heavy atom. The van der Waals surface area contributed by atoms with Crippen LogP contribution in [0.1, 0.15) is 16.8 Å². The zero-order valence-corrected chi connectivity index (χ0v) is 10.8. The van der Waals surface area contributed by atoms with E-state index in [1.54, 1.807) is 16.8 Å². The van der Waals surface area contributed by atoms with E-state index in [0.29, 0.717) is 5.56 Å². The molecular formula is C11H14F2N2O3S. The van der Waals surface area contributed by atoms with E-state index in [0.717, 1.165) is 0 Å². The average Bonchev–Trinajstić information content (AvgIpc) is 2.90. The monoisotopic (exact) mass is 292 g/mol. The number of carbonyl (C=O) groups is 2. The van der Waals surface area contributed by atoms with E-state index in [-0.39, 0.29) is 18.9 Å². The number of halogens is 2. The lowest BCUT2D eigenvalue weighted by Gasteiger charge is -2.13. The van der Waals surface area contributed by atoms with Gasteiger partial charge in [-0.25, -0.2) is 8.78 Å². The van der Waals surface area contributed by atoms with Crippen molar-refractivity contribution in [3.8, 4) is 0 Å². The minimum atomic E-state index is -3.32. The average molecular weight is 292 g/mol. The smallest absolute Gasteiger partial charge is 0.287 e. The van der Waals surface area contributed by atoms with Gasteiger partial charge >= 0.3 is 0 Å². The summed E-state index contributed by atoms with van der Waals surface area (Å²) in [6.45, 7) is -2.17. The van der Waals surface area contributed by atoms with Crippen molar-refractivity contribution < 1.29 is 23.5 Å². The van der Waals surface area contributed by atoms with Gasteiger partial charge in [0, 0.05) is 23.9 Å². The molecule has 0 aliphatic carbocycles. The summed E-state index contributed by atoms with van der Waals surface area (Å²) in [7, 11) is 0. The summed E-state index contributed by atoms with van der Waals surface area (Å²) < 4.78 is 25.2. The quantitative estimate of drug-likeness (QED) is 0.689. The molecule has 1 heterocycles. The van der Waals surface area contributed by atoms with E-state index < -0.39 is 25.0 Å². The second kappa shape index (κ2) is 7.15. The van der Waals surface area contributed by atoms with Crippen LogP contribution >= 0.6 is 11.3 Å². The Morgan fingerprint density at radius 2 is 2.11 bits per heavy atom. The van der Waals surface area contributed by atoms with Gasteiger partial charge in [0.25, 0.3) is 11.8 Å².